The lowest BCUT2D eigenvalue weighted by atomic mass is 9.95. The van der Waals surface area contributed by atoms with E-state index in [0.29, 0.717) is 49.5 Å². The molecule has 12 nitrogen and oxygen atoms in total. The number of amides is 1. The number of aryl methyl sites for hydroxylation is 1. The van der Waals surface area contributed by atoms with Crippen molar-refractivity contribution in [1.82, 2.24) is 30.4 Å². The standard InChI is InChI=1S/C23H29N7O5/c1-14-6-5-7-15-19(14)21(32)24-23(33-15)8-10-29(11-9-23)17-12-16(35-27-17)20-25-28-30(26-20)13-18(31)34-22(2,3)4/h5-7,16H,8-13H2,1-4H3,(H,24,32). The Kier molecular flexibility index (Phi) is 5.60. The van der Waals surface area contributed by atoms with Crippen molar-refractivity contribution in [2.24, 2.45) is 5.16 Å². The van der Waals surface area contributed by atoms with E-state index in [-0.39, 0.29) is 12.5 Å². The van der Waals surface area contributed by atoms with Crippen LogP contribution in [0.3, 0.4) is 0 Å². The van der Waals surface area contributed by atoms with Crippen molar-refractivity contribution < 1.29 is 23.9 Å². The topological polar surface area (TPSA) is 133 Å². The van der Waals surface area contributed by atoms with Crippen molar-refractivity contribution in [3.63, 3.8) is 0 Å². The lowest BCUT2D eigenvalue weighted by molar-refractivity contribution is -0.156. The Morgan fingerprint density at radius 1 is 1.29 bits per heavy atom. The smallest absolute Gasteiger partial charge is 0.330 e. The molecule has 0 aliphatic carbocycles. The lowest BCUT2D eigenvalue weighted by Gasteiger charge is -2.45. The second-order valence-electron chi connectivity index (χ2n) is 10.1. The Morgan fingerprint density at radius 2 is 2.06 bits per heavy atom. The third-order valence-corrected chi connectivity index (χ3v) is 6.14. The quantitative estimate of drug-likeness (QED) is 0.648. The average Bonchev–Trinajstić information content (AvgIpc) is 3.42. The van der Waals surface area contributed by atoms with E-state index >= 15 is 0 Å². The summed E-state index contributed by atoms with van der Waals surface area (Å²) in [6, 6.07) is 5.65. The second-order valence-corrected chi connectivity index (χ2v) is 10.1. The van der Waals surface area contributed by atoms with Crippen LogP contribution in [0.2, 0.25) is 0 Å². The summed E-state index contributed by atoms with van der Waals surface area (Å²) in [5.41, 5.74) is 0.190. The maximum atomic E-state index is 12.8. The first kappa shape index (κ1) is 23.1. The van der Waals surface area contributed by atoms with Crippen molar-refractivity contribution >= 4 is 17.7 Å². The average molecular weight is 484 g/mol. The Balaban J connectivity index is 1.16. The van der Waals surface area contributed by atoms with E-state index in [1.54, 1.807) is 20.8 Å². The zero-order valence-corrected chi connectivity index (χ0v) is 20.3. The summed E-state index contributed by atoms with van der Waals surface area (Å²) in [5, 5.41) is 19.5. The van der Waals surface area contributed by atoms with Crippen LogP contribution in [0.25, 0.3) is 0 Å². The molecule has 4 heterocycles. The number of aromatic nitrogens is 4. The van der Waals surface area contributed by atoms with E-state index in [9.17, 15) is 9.59 Å². The molecule has 2 aromatic rings. The summed E-state index contributed by atoms with van der Waals surface area (Å²) < 4.78 is 11.6. The van der Waals surface area contributed by atoms with Crippen LogP contribution in [0.4, 0.5) is 0 Å². The fraction of sp³-hybridized carbons (Fsp3) is 0.565. The maximum Gasteiger partial charge on any atom is 0.330 e. The number of hydrogen-bond acceptors (Lipinski definition) is 10. The van der Waals surface area contributed by atoms with Crippen LogP contribution >= 0.6 is 0 Å². The normalized spacial score (nSPS) is 21.0. The Bertz CT molecular complexity index is 1180. The predicted octanol–water partition coefficient (Wildman–Crippen LogP) is 1.71. The number of oxime groups is 1. The Hall–Kier alpha value is -3.70. The molecule has 3 aliphatic rings. The highest BCUT2D eigenvalue weighted by Gasteiger charge is 2.44. The first-order valence-electron chi connectivity index (χ1n) is 11.7. The van der Waals surface area contributed by atoms with Crippen LogP contribution in [-0.2, 0) is 20.9 Å². The number of likely N-dealkylation sites (tertiary alicyclic amines) is 1. The molecular weight excluding hydrogens is 454 g/mol. The molecule has 1 fully saturated rings. The molecule has 1 N–H and O–H groups in total. The van der Waals surface area contributed by atoms with Crippen molar-refractivity contribution in [3.8, 4) is 5.75 Å². The molecule has 3 aliphatic heterocycles. The Labute approximate surface area is 202 Å². The lowest BCUT2D eigenvalue weighted by Crippen LogP contribution is -2.61. The molecule has 1 unspecified atom stereocenters. The van der Waals surface area contributed by atoms with Gasteiger partial charge in [0.05, 0.1) is 12.0 Å². The molecule has 186 valence electrons. The van der Waals surface area contributed by atoms with Crippen LogP contribution in [0.5, 0.6) is 5.75 Å². The largest absolute Gasteiger partial charge is 0.467 e. The van der Waals surface area contributed by atoms with Gasteiger partial charge in [0.25, 0.3) is 5.91 Å². The van der Waals surface area contributed by atoms with Gasteiger partial charge < -0.3 is 24.5 Å². The van der Waals surface area contributed by atoms with Crippen molar-refractivity contribution in [3.05, 3.63) is 35.2 Å². The van der Waals surface area contributed by atoms with Crippen LogP contribution < -0.4 is 10.1 Å². The van der Waals surface area contributed by atoms with Gasteiger partial charge in [0.15, 0.2) is 18.4 Å². The first-order valence-corrected chi connectivity index (χ1v) is 11.7. The maximum absolute atomic E-state index is 12.8. The van der Waals surface area contributed by atoms with E-state index in [1.807, 2.05) is 25.1 Å². The molecule has 1 spiro atoms. The fourth-order valence-electron chi connectivity index (χ4n) is 4.51. The minimum atomic E-state index is -0.723. The summed E-state index contributed by atoms with van der Waals surface area (Å²) in [6.45, 7) is 8.46. The van der Waals surface area contributed by atoms with Crippen LogP contribution in [0, 0.1) is 6.92 Å². The minimum Gasteiger partial charge on any atom is -0.467 e. The highest BCUT2D eigenvalue weighted by atomic mass is 16.6. The van der Waals surface area contributed by atoms with Crippen LogP contribution in [0.15, 0.2) is 23.4 Å². The number of carbonyl (C=O) groups is 2. The SMILES string of the molecule is Cc1cccc2c1C(=O)NC1(CCN(C3=NOC(c4nnn(CC(=O)OC(C)(C)C)n4)C3)CC1)O2. The van der Waals surface area contributed by atoms with Gasteiger partial charge in [-0.15, -0.1) is 10.2 Å². The van der Waals surface area contributed by atoms with E-state index in [0.717, 1.165) is 11.4 Å². The molecule has 1 aromatic carbocycles. The van der Waals surface area contributed by atoms with Gasteiger partial charge in [0.1, 0.15) is 17.2 Å². The van der Waals surface area contributed by atoms with Gasteiger partial charge in [0.2, 0.25) is 5.82 Å². The number of rotatable bonds is 3. The molecule has 12 heteroatoms. The molecule has 35 heavy (non-hydrogen) atoms. The van der Waals surface area contributed by atoms with Crippen molar-refractivity contribution in [2.75, 3.05) is 13.1 Å². The predicted molar refractivity (Wildman–Crippen MR) is 122 cm³/mol. The number of nitrogens with one attached hydrogen (secondary N) is 1. The number of fused-ring (bicyclic) bond motifs is 1. The molecule has 1 atom stereocenters. The molecule has 5 rings (SSSR count). The number of benzene rings is 1. The fourth-order valence-corrected chi connectivity index (χ4v) is 4.51. The van der Waals surface area contributed by atoms with Gasteiger partial charge in [-0.3, -0.25) is 4.79 Å². The van der Waals surface area contributed by atoms with E-state index in [4.69, 9.17) is 14.3 Å². The molecule has 1 aromatic heterocycles. The zero-order chi connectivity index (χ0) is 24.8. The third kappa shape index (κ3) is 4.77. The number of piperidine rings is 1. The number of hydrogen-bond donors (Lipinski definition) is 1. The molecule has 0 bridgehead atoms. The van der Waals surface area contributed by atoms with Crippen molar-refractivity contribution in [2.45, 2.75) is 70.9 Å². The molecule has 1 saturated heterocycles. The monoisotopic (exact) mass is 483 g/mol. The third-order valence-electron chi connectivity index (χ3n) is 6.14. The minimum absolute atomic E-state index is 0.0973. The Morgan fingerprint density at radius 3 is 2.80 bits per heavy atom. The summed E-state index contributed by atoms with van der Waals surface area (Å²) >= 11 is 0. The molecule has 0 saturated carbocycles. The zero-order valence-electron chi connectivity index (χ0n) is 20.3. The first-order chi connectivity index (χ1) is 16.6. The number of ether oxygens (including phenoxy) is 2. The number of esters is 1. The van der Waals surface area contributed by atoms with Gasteiger partial charge in [-0.1, -0.05) is 17.3 Å². The van der Waals surface area contributed by atoms with Gasteiger partial charge >= 0.3 is 5.97 Å². The number of tetrazole rings is 1. The van der Waals surface area contributed by atoms with Gasteiger partial charge in [0, 0.05) is 25.9 Å². The van der Waals surface area contributed by atoms with Crippen LogP contribution in [0.1, 0.15) is 67.9 Å². The second kappa shape index (κ2) is 8.51. The van der Waals surface area contributed by atoms with E-state index in [2.05, 4.69) is 30.8 Å². The van der Waals surface area contributed by atoms with Gasteiger partial charge in [-0.2, -0.15) is 4.80 Å². The number of carbonyl (C=O) groups excluding carboxylic acids is 2. The molecule has 1 amide bonds. The van der Waals surface area contributed by atoms with Gasteiger partial charge in [-0.05, 0) is 44.5 Å². The van der Waals surface area contributed by atoms with E-state index in [1.165, 1.54) is 4.80 Å². The summed E-state index contributed by atoms with van der Waals surface area (Å²) in [6.07, 6.45) is 1.23. The van der Waals surface area contributed by atoms with Crippen LogP contribution in [-0.4, -0.2) is 67.2 Å². The summed E-state index contributed by atoms with van der Waals surface area (Å²) in [4.78, 5) is 33.6. The summed E-state index contributed by atoms with van der Waals surface area (Å²) in [5.74, 6) is 1.23. The highest BCUT2D eigenvalue weighted by Crippen LogP contribution is 2.36. The van der Waals surface area contributed by atoms with Crippen molar-refractivity contribution in [1.29, 1.82) is 0 Å². The number of nitrogens with zero attached hydrogens (tertiary/aromatic N) is 6. The number of amidine groups is 1. The molecule has 0 radical (unpaired) electrons. The van der Waals surface area contributed by atoms with Gasteiger partial charge in [-0.25, -0.2) is 4.79 Å². The molecular formula is C23H29N7O5. The highest BCUT2D eigenvalue weighted by molar-refractivity contribution is 5.99. The summed E-state index contributed by atoms with van der Waals surface area (Å²) in [7, 11) is 0. The van der Waals surface area contributed by atoms with E-state index < -0.39 is 23.4 Å².